The van der Waals surface area contributed by atoms with Gasteiger partial charge in [0.1, 0.15) is 0 Å². The highest BCUT2D eigenvalue weighted by Gasteiger charge is 2.33. The summed E-state index contributed by atoms with van der Waals surface area (Å²) < 4.78 is 28.3. The molecule has 2 saturated heterocycles. The van der Waals surface area contributed by atoms with E-state index in [9.17, 15) is 8.42 Å². The molecule has 1 atom stereocenters. The van der Waals surface area contributed by atoms with Crippen molar-refractivity contribution in [3.63, 3.8) is 0 Å². The summed E-state index contributed by atoms with van der Waals surface area (Å²) in [5, 5.41) is 0. The summed E-state index contributed by atoms with van der Waals surface area (Å²) in [4.78, 5) is 2.27. The molecule has 112 valence electrons. The Bertz CT molecular complexity index is 373. The van der Waals surface area contributed by atoms with Crippen LogP contribution in [-0.2, 0) is 10.2 Å². The predicted molar refractivity (Wildman–Crippen MR) is 76.0 cm³/mol. The summed E-state index contributed by atoms with van der Waals surface area (Å²) in [6.07, 6.45) is 3.13. The lowest BCUT2D eigenvalue weighted by Crippen LogP contribution is -2.56. The largest absolute Gasteiger partial charge is 0.329 e. The van der Waals surface area contributed by atoms with Gasteiger partial charge in [0.15, 0.2) is 0 Å². The second-order valence-corrected chi connectivity index (χ2v) is 7.42. The summed E-state index contributed by atoms with van der Waals surface area (Å²) in [6, 6.07) is 0.333. The summed E-state index contributed by atoms with van der Waals surface area (Å²) in [5.41, 5.74) is 5.66. The first-order valence-electron chi connectivity index (χ1n) is 7.25. The van der Waals surface area contributed by atoms with E-state index in [2.05, 4.69) is 11.8 Å². The summed E-state index contributed by atoms with van der Waals surface area (Å²) in [5.74, 6) is 0. The van der Waals surface area contributed by atoms with Crippen molar-refractivity contribution in [2.45, 2.75) is 32.2 Å². The quantitative estimate of drug-likeness (QED) is 0.770. The standard InChI is InChI=1S/C12H26N4O2S/c1-12(11-13)14-7-9-16(10-8-14)19(17,18)15-5-3-2-4-6-15/h12H,2-11,13H2,1H3. The van der Waals surface area contributed by atoms with Crippen molar-refractivity contribution in [3.05, 3.63) is 0 Å². The monoisotopic (exact) mass is 290 g/mol. The van der Waals surface area contributed by atoms with Crippen molar-refractivity contribution in [2.75, 3.05) is 45.8 Å². The first-order chi connectivity index (χ1) is 9.05. The zero-order valence-electron chi connectivity index (χ0n) is 11.8. The molecule has 0 radical (unpaired) electrons. The highest BCUT2D eigenvalue weighted by Crippen LogP contribution is 2.18. The molecule has 0 bridgehead atoms. The molecular formula is C12H26N4O2S. The zero-order valence-corrected chi connectivity index (χ0v) is 12.6. The first kappa shape index (κ1) is 15.2. The molecule has 2 rings (SSSR count). The van der Waals surface area contributed by atoms with Crippen LogP contribution < -0.4 is 5.73 Å². The highest BCUT2D eigenvalue weighted by atomic mass is 32.2. The van der Waals surface area contributed by atoms with E-state index in [1.165, 1.54) is 0 Å². The van der Waals surface area contributed by atoms with Crippen molar-refractivity contribution >= 4 is 10.2 Å². The molecule has 19 heavy (non-hydrogen) atoms. The Morgan fingerprint density at radius 2 is 1.47 bits per heavy atom. The lowest BCUT2D eigenvalue weighted by molar-refractivity contribution is 0.143. The number of hydrogen-bond acceptors (Lipinski definition) is 4. The highest BCUT2D eigenvalue weighted by molar-refractivity contribution is 7.86. The van der Waals surface area contributed by atoms with Crippen LogP contribution in [0.3, 0.4) is 0 Å². The van der Waals surface area contributed by atoms with Crippen LogP contribution >= 0.6 is 0 Å². The number of rotatable bonds is 4. The van der Waals surface area contributed by atoms with Crippen LogP contribution in [0, 0.1) is 0 Å². The molecule has 7 heteroatoms. The fraction of sp³-hybridized carbons (Fsp3) is 1.00. The molecule has 0 aromatic carbocycles. The van der Waals surface area contributed by atoms with Gasteiger partial charge in [0.2, 0.25) is 0 Å². The third kappa shape index (κ3) is 3.46. The average Bonchev–Trinajstić information content (AvgIpc) is 2.47. The van der Waals surface area contributed by atoms with E-state index >= 15 is 0 Å². The van der Waals surface area contributed by atoms with Crippen LogP contribution in [0.25, 0.3) is 0 Å². The molecule has 2 N–H and O–H groups in total. The molecular weight excluding hydrogens is 264 g/mol. The van der Waals surface area contributed by atoms with Crippen LogP contribution in [0.2, 0.25) is 0 Å². The van der Waals surface area contributed by atoms with E-state index in [0.29, 0.717) is 38.8 Å². The van der Waals surface area contributed by atoms with Crippen LogP contribution in [0.4, 0.5) is 0 Å². The van der Waals surface area contributed by atoms with Crippen molar-refractivity contribution < 1.29 is 8.42 Å². The Kier molecular flexibility index (Phi) is 5.19. The van der Waals surface area contributed by atoms with Gasteiger partial charge in [-0.2, -0.15) is 17.0 Å². The Morgan fingerprint density at radius 1 is 0.947 bits per heavy atom. The average molecular weight is 290 g/mol. The molecule has 2 aliphatic rings. The fourth-order valence-electron chi connectivity index (χ4n) is 2.78. The second-order valence-electron chi connectivity index (χ2n) is 5.49. The third-order valence-corrected chi connectivity index (χ3v) is 6.24. The maximum atomic E-state index is 12.5. The maximum absolute atomic E-state index is 12.5. The number of nitrogens with zero attached hydrogens (tertiary/aromatic N) is 3. The number of piperidine rings is 1. The molecule has 0 aliphatic carbocycles. The van der Waals surface area contributed by atoms with Crippen LogP contribution in [-0.4, -0.2) is 73.8 Å². The van der Waals surface area contributed by atoms with E-state index in [-0.39, 0.29) is 0 Å². The van der Waals surface area contributed by atoms with Crippen molar-refractivity contribution in [3.8, 4) is 0 Å². The minimum Gasteiger partial charge on any atom is -0.329 e. The van der Waals surface area contributed by atoms with Crippen molar-refractivity contribution in [1.29, 1.82) is 0 Å². The van der Waals surface area contributed by atoms with E-state index in [1.54, 1.807) is 8.61 Å². The van der Waals surface area contributed by atoms with Gasteiger partial charge >= 0.3 is 0 Å². The smallest absolute Gasteiger partial charge is 0.282 e. The Hall–Kier alpha value is -0.210. The van der Waals surface area contributed by atoms with Crippen LogP contribution in [0.5, 0.6) is 0 Å². The van der Waals surface area contributed by atoms with E-state index in [4.69, 9.17) is 5.73 Å². The Morgan fingerprint density at radius 3 is 2.00 bits per heavy atom. The fourth-order valence-corrected chi connectivity index (χ4v) is 4.45. The van der Waals surface area contributed by atoms with E-state index in [0.717, 1.165) is 32.4 Å². The summed E-state index contributed by atoms with van der Waals surface area (Å²) >= 11 is 0. The van der Waals surface area contributed by atoms with Gasteiger partial charge in [-0.05, 0) is 19.8 Å². The SMILES string of the molecule is CC(CN)N1CCN(S(=O)(=O)N2CCCCC2)CC1. The molecule has 2 aliphatic heterocycles. The van der Waals surface area contributed by atoms with Gasteiger partial charge in [0.05, 0.1) is 0 Å². The van der Waals surface area contributed by atoms with Gasteiger partial charge in [0.25, 0.3) is 10.2 Å². The minimum atomic E-state index is -3.23. The van der Waals surface area contributed by atoms with E-state index < -0.39 is 10.2 Å². The van der Waals surface area contributed by atoms with Gasteiger partial charge in [0, 0.05) is 51.9 Å². The first-order valence-corrected chi connectivity index (χ1v) is 8.64. The van der Waals surface area contributed by atoms with E-state index in [1.807, 2.05) is 0 Å². The van der Waals surface area contributed by atoms with Gasteiger partial charge in [-0.25, -0.2) is 0 Å². The maximum Gasteiger partial charge on any atom is 0.282 e. The summed E-state index contributed by atoms with van der Waals surface area (Å²) in [7, 11) is -3.23. The number of hydrogen-bond donors (Lipinski definition) is 1. The normalized spacial score (nSPS) is 26.4. The Labute approximate surface area is 116 Å². The minimum absolute atomic E-state index is 0.333. The van der Waals surface area contributed by atoms with Crippen molar-refractivity contribution in [1.82, 2.24) is 13.5 Å². The predicted octanol–water partition coefficient (Wildman–Crippen LogP) is -0.318. The molecule has 0 saturated carbocycles. The number of piperazine rings is 1. The molecule has 0 aromatic heterocycles. The second kappa shape index (κ2) is 6.49. The number of nitrogens with two attached hydrogens (primary N) is 1. The molecule has 2 fully saturated rings. The zero-order chi connectivity index (χ0) is 13.9. The molecule has 0 aromatic rings. The third-order valence-electron chi connectivity index (χ3n) is 4.21. The summed E-state index contributed by atoms with van der Waals surface area (Å²) in [6.45, 7) is 6.82. The van der Waals surface area contributed by atoms with Crippen molar-refractivity contribution in [2.24, 2.45) is 5.73 Å². The molecule has 2 heterocycles. The van der Waals surface area contributed by atoms with Gasteiger partial charge in [-0.3, -0.25) is 4.90 Å². The van der Waals surface area contributed by atoms with Gasteiger partial charge < -0.3 is 5.73 Å². The molecule has 6 nitrogen and oxygen atoms in total. The molecule has 0 spiro atoms. The lowest BCUT2D eigenvalue weighted by atomic mass is 10.2. The van der Waals surface area contributed by atoms with Gasteiger partial charge in [-0.15, -0.1) is 0 Å². The van der Waals surface area contributed by atoms with Gasteiger partial charge in [-0.1, -0.05) is 6.42 Å². The topological polar surface area (TPSA) is 69.9 Å². The van der Waals surface area contributed by atoms with Crippen LogP contribution in [0.1, 0.15) is 26.2 Å². The lowest BCUT2D eigenvalue weighted by Gasteiger charge is -2.39. The Balaban J connectivity index is 1.92. The molecule has 0 amide bonds. The molecule has 1 unspecified atom stereocenters. The van der Waals surface area contributed by atoms with Crippen LogP contribution in [0.15, 0.2) is 0 Å².